The molecule has 0 spiro atoms. The summed E-state index contributed by atoms with van der Waals surface area (Å²) < 4.78 is 4.96. The number of nitrogens with zero attached hydrogens (tertiary/aromatic N) is 1. The highest BCUT2D eigenvalue weighted by Gasteiger charge is 2.04. The van der Waals surface area contributed by atoms with Crippen LogP contribution < -0.4 is 10.1 Å². The van der Waals surface area contributed by atoms with Gasteiger partial charge in [-0.2, -0.15) is 0 Å². The van der Waals surface area contributed by atoms with Gasteiger partial charge in [-0.3, -0.25) is 4.79 Å². The second-order valence-corrected chi connectivity index (χ2v) is 5.79. The van der Waals surface area contributed by atoms with E-state index >= 15 is 0 Å². The maximum atomic E-state index is 11.8. The van der Waals surface area contributed by atoms with Crippen molar-refractivity contribution in [3.8, 4) is 5.88 Å². The molecular weight excluding hydrogens is 308 g/mol. The predicted octanol–water partition coefficient (Wildman–Crippen LogP) is 3.86. The first-order chi connectivity index (χ1) is 10.2. The lowest BCUT2D eigenvalue weighted by Gasteiger charge is -2.06. The molecule has 4 nitrogen and oxygen atoms in total. The quantitative estimate of drug-likeness (QED) is 0.820. The van der Waals surface area contributed by atoms with E-state index in [9.17, 15) is 4.79 Å². The first-order valence-corrected chi connectivity index (χ1v) is 7.72. The van der Waals surface area contributed by atoms with Crippen LogP contribution in [-0.2, 0) is 4.79 Å². The van der Waals surface area contributed by atoms with E-state index in [4.69, 9.17) is 16.3 Å². The monoisotopic (exact) mass is 322 g/mol. The highest BCUT2D eigenvalue weighted by molar-refractivity contribution is 7.99. The number of carbonyl (C=O) groups is 1. The molecule has 1 amide bonds. The Morgan fingerprint density at radius 1 is 1.29 bits per heavy atom. The summed E-state index contributed by atoms with van der Waals surface area (Å²) in [6.45, 7) is 0. The molecule has 0 unspecified atom stereocenters. The summed E-state index contributed by atoms with van der Waals surface area (Å²) >= 11 is 7.44. The summed E-state index contributed by atoms with van der Waals surface area (Å²) in [4.78, 5) is 16.9. The van der Waals surface area contributed by atoms with Crippen molar-refractivity contribution in [1.82, 2.24) is 4.98 Å². The molecule has 0 radical (unpaired) electrons. The van der Waals surface area contributed by atoms with E-state index < -0.39 is 0 Å². The number of hydrogen-bond acceptors (Lipinski definition) is 4. The number of anilines is 1. The fourth-order valence-electron chi connectivity index (χ4n) is 1.59. The van der Waals surface area contributed by atoms with Crippen LogP contribution in [0.1, 0.15) is 6.42 Å². The van der Waals surface area contributed by atoms with Crippen molar-refractivity contribution in [2.45, 2.75) is 11.3 Å². The van der Waals surface area contributed by atoms with Gasteiger partial charge in [0.05, 0.1) is 19.0 Å². The molecule has 0 aliphatic carbocycles. The number of hydrogen-bond donors (Lipinski definition) is 1. The third-order valence-electron chi connectivity index (χ3n) is 2.64. The second kappa shape index (κ2) is 7.90. The fourth-order valence-corrected chi connectivity index (χ4v) is 2.57. The number of thioether (sulfide) groups is 1. The molecule has 6 heteroatoms. The molecule has 0 atom stereocenters. The van der Waals surface area contributed by atoms with Gasteiger partial charge >= 0.3 is 0 Å². The van der Waals surface area contributed by atoms with Crippen molar-refractivity contribution in [3.05, 3.63) is 47.6 Å². The Balaban J connectivity index is 1.75. The summed E-state index contributed by atoms with van der Waals surface area (Å²) in [5, 5.41) is 3.51. The Kier molecular flexibility index (Phi) is 5.90. The first kappa shape index (κ1) is 15.7. The number of benzene rings is 1. The van der Waals surface area contributed by atoms with E-state index in [2.05, 4.69) is 10.3 Å². The third kappa shape index (κ3) is 5.28. The Bertz CT molecular complexity index is 588. The van der Waals surface area contributed by atoms with Crippen molar-refractivity contribution in [1.29, 1.82) is 0 Å². The molecule has 0 aliphatic rings. The van der Waals surface area contributed by atoms with Crippen LogP contribution >= 0.6 is 23.4 Å². The van der Waals surface area contributed by atoms with Crippen LogP contribution in [0.5, 0.6) is 5.88 Å². The van der Waals surface area contributed by atoms with Gasteiger partial charge in [-0.25, -0.2) is 4.98 Å². The van der Waals surface area contributed by atoms with Gasteiger partial charge in [0, 0.05) is 28.2 Å². The van der Waals surface area contributed by atoms with Crippen molar-refractivity contribution in [2.75, 3.05) is 18.2 Å². The highest BCUT2D eigenvalue weighted by atomic mass is 35.5. The van der Waals surface area contributed by atoms with Crippen molar-refractivity contribution >= 4 is 35.0 Å². The van der Waals surface area contributed by atoms with Crippen molar-refractivity contribution in [3.63, 3.8) is 0 Å². The zero-order chi connectivity index (χ0) is 15.1. The lowest BCUT2D eigenvalue weighted by molar-refractivity contribution is -0.115. The zero-order valence-electron chi connectivity index (χ0n) is 11.5. The number of ether oxygens (including phenoxy) is 1. The molecule has 1 N–H and O–H groups in total. The Labute approximate surface area is 132 Å². The minimum absolute atomic E-state index is 0.0385. The minimum Gasteiger partial charge on any atom is -0.481 e. The number of aromatic nitrogens is 1. The van der Waals surface area contributed by atoms with E-state index in [-0.39, 0.29) is 5.91 Å². The number of amides is 1. The first-order valence-electron chi connectivity index (χ1n) is 6.35. The van der Waals surface area contributed by atoms with Crippen LogP contribution in [-0.4, -0.2) is 23.8 Å². The van der Waals surface area contributed by atoms with Crippen molar-refractivity contribution in [2.24, 2.45) is 0 Å². The van der Waals surface area contributed by atoms with Crippen LogP contribution in [0.2, 0.25) is 5.02 Å². The molecule has 0 aliphatic heterocycles. The van der Waals surface area contributed by atoms with Gasteiger partial charge in [0.25, 0.3) is 0 Å². The third-order valence-corrected chi connectivity index (χ3v) is 3.91. The van der Waals surface area contributed by atoms with Crippen LogP contribution in [0.3, 0.4) is 0 Å². The minimum atomic E-state index is -0.0385. The average molecular weight is 323 g/mol. The number of halogens is 1. The fraction of sp³-hybridized carbons (Fsp3) is 0.200. The molecule has 0 saturated heterocycles. The van der Waals surface area contributed by atoms with Crippen LogP contribution in [0, 0.1) is 0 Å². The van der Waals surface area contributed by atoms with E-state index in [0.29, 0.717) is 28.8 Å². The van der Waals surface area contributed by atoms with E-state index in [1.54, 1.807) is 37.2 Å². The molecule has 0 fully saturated rings. The topological polar surface area (TPSA) is 51.2 Å². The number of nitrogens with one attached hydrogen (secondary N) is 1. The van der Waals surface area contributed by atoms with Gasteiger partial charge in [-0.05, 0) is 30.3 Å². The molecular formula is C15H15ClN2O2S. The smallest absolute Gasteiger partial charge is 0.225 e. The second-order valence-electron chi connectivity index (χ2n) is 4.19. The largest absolute Gasteiger partial charge is 0.481 e. The van der Waals surface area contributed by atoms with Crippen LogP contribution in [0.4, 0.5) is 5.69 Å². The molecule has 21 heavy (non-hydrogen) atoms. The number of rotatable bonds is 6. The van der Waals surface area contributed by atoms with Gasteiger partial charge in [0.1, 0.15) is 0 Å². The Morgan fingerprint density at radius 2 is 2.05 bits per heavy atom. The molecule has 1 aromatic heterocycles. The summed E-state index contributed by atoms with van der Waals surface area (Å²) in [7, 11) is 1.55. The normalized spacial score (nSPS) is 10.2. The summed E-state index contributed by atoms with van der Waals surface area (Å²) in [6, 6.07) is 11.0. The Hall–Kier alpha value is -1.72. The standard InChI is InChI=1S/C15H15ClN2O2S/c1-20-15-7-4-12(10-17-15)18-14(19)8-9-21-13-5-2-11(16)3-6-13/h2-7,10H,8-9H2,1H3,(H,18,19). The lowest BCUT2D eigenvalue weighted by Crippen LogP contribution is -2.12. The summed E-state index contributed by atoms with van der Waals surface area (Å²) in [6.07, 6.45) is 2.00. The van der Waals surface area contributed by atoms with Gasteiger partial charge < -0.3 is 10.1 Å². The number of carbonyl (C=O) groups excluding carboxylic acids is 1. The van der Waals surface area contributed by atoms with E-state index in [1.165, 1.54) is 0 Å². The van der Waals surface area contributed by atoms with Gasteiger partial charge in [-0.15, -0.1) is 11.8 Å². The maximum absolute atomic E-state index is 11.8. The molecule has 1 aromatic carbocycles. The number of pyridine rings is 1. The van der Waals surface area contributed by atoms with Crippen molar-refractivity contribution < 1.29 is 9.53 Å². The molecule has 2 rings (SSSR count). The molecule has 2 aromatic rings. The van der Waals surface area contributed by atoms with Crippen LogP contribution in [0.15, 0.2) is 47.5 Å². The molecule has 1 heterocycles. The lowest BCUT2D eigenvalue weighted by atomic mass is 10.4. The molecule has 0 saturated carbocycles. The molecule has 110 valence electrons. The summed E-state index contributed by atoms with van der Waals surface area (Å²) in [5.74, 6) is 1.19. The molecule has 0 bridgehead atoms. The number of methoxy groups -OCH3 is 1. The average Bonchev–Trinajstić information content (AvgIpc) is 2.50. The highest BCUT2D eigenvalue weighted by Crippen LogP contribution is 2.21. The van der Waals surface area contributed by atoms with E-state index in [0.717, 1.165) is 4.90 Å². The zero-order valence-corrected chi connectivity index (χ0v) is 13.1. The summed E-state index contributed by atoms with van der Waals surface area (Å²) in [5.41, 5.74) is 0.664. The van der Waals surface area contributed by atoms with Crippen LogP contribution in [0.25, 0.3) is 0 Å². The predicted molar refractivity (Wildman–Crippen MR) is 86.2 cm³/mol. The van der Waals surface area contributed by atoms with Gasteiger partial charge in [0.15, 0.2) is 0 Å². The van der Waals surface area contributed by atoms with Gasteiger partial charge in [-0.1, -0.05) is 11.6 Å². The van der Waals surface area contributed by atoms with E-state index in [1.807, 2.05) is 24.3 Å². The maximum Gasteiger partial charge on any atom is 0.225 e. The SMILES string of the molecule is COc1ccc(NC(=O)CCSc2ccc(Cl)cc2)cn1. The van der Waals surface area contributed by atoms with Gasteiger partial charge in [0.2, 0.25) is 11.8 Å². The Morgan fingerprint density at radius 3 is 2.67 bits per heavy atom.